The van der Waals surface area contributed by atoms with Crippen LogP contribution in [-0.2, 0) is 4.79 Å². The number of Topliss-reactive ketones (excluding diaryl/α,β-unsaturated/α-hetero) is 1. The van der Waals surface area contributed by atoms with Crippen molar-refractivity contribution in [3.8, 4) is 0 Å². The standard InChI is InChI=1S/C13H14ClNO3/c14-10-6-4-9(5-7-10)12(8-15(17)18)11-2-1-3-13(11)16/h4-7,11-12H,1-3,8H2. The SMILES string of the molecule is O=C1CCCC1C(C[N+](=O)[O-])c1ccc(Cl)cc1. The number of nitro groups is 1. The summed E-state index contributed by atoms with van der Waals surface area (Å²) in [5, 5.41) is 11.4. The molecule has 1 saturated carbocycles. The van der Waals surface area contributed by atoms with Gasteiger partial charge in [0, 0.05) is 22.3 Å². The Morgan fingerprint density at radius 3 is 2.56 bits per heavy atom. The molecular formula is C13H14ClNO3. The van der Waals surface area contributed by atoms with Gasteiger partial charge in [-0.15, -0.1) is 0 Å². The molecule has 0 aromatic heterocycles. The average molecular weight is 268 g/mol. The van der Waals surface area contributed by atoms with Crippen LogP contribution in [0.3, 0.4) is 0 Å². The van der Waals surface area contributed by atoms with Crippen LogP contribution in [0.25, 0.3) is 0 Å². The van der Waals surface area contributed by atoms with Crippen molar-refractivity contribution in [2.45, 2.75) is 25.2 Å². The van der Waals surface area contributed by atoms with Crippen molar-refractivity contribution in [3.63, 3.8) is 0 Å². The molecule has 1 aromatic rings. The number of carbonyl (C=O) groups is 1. The van der Waals surface area contributed by atoms with E-state index >= 15 is 0 Å². The molecule has 0 N–H and O–H groups in total. The Kier molecular flexibility index (Phi) is 3.97. The molecule has 96 valence electrons. The van der Waals surface area contributed by atoms with Gasteiger partial charge in [-0.25, -0.2) is 0 Å². The lowest BCUT2D eigenvalue weighted by atomic mass is 9.84. The van der Waals surface area contributed by atoms with E-state index < -0.39 is 0 Å². The quantitative estimate of drug-likeness (QED) is 0.622. The monoisotopic (exact) mass is 267 g/mol. The van der Waals surface area contributed by atoms with E-state index in [4.69, 9.17) is 11.6 Å². The zero-order valence-corrected chi connectivity index (χ0v) is 10.6. The lowest BCUT2D eigenvalue weighted by Crippen LogP contribution is -2.24. The Balaban J connectivity index is 2.26. The molecule has 2 atom stereocenters. The summed E-state index contributed by atoms with van der Waals surface area (Å²) >= 11 is 5.81. The highest BCUT2D eigenvalue weighted by Gasteiger charge is 2.35. The normalized spacial score (nSPS) is 20.9. The third-order valence-corrected chi connectivity index (χ3v) is 3.73. The zero-order chi connectivity index (χ0) is 13.1. The fraction of sp³-hybridized carbons (Fsp3) is 0.462. The summed E-state index contributed by atoms with van der Waals surface area (Å²) in [4.78, 5) is 22.2. The lowest BCUT2D eigenvalue weighted by molar-refractivity contribution is -0.484. The van der Waals surface area contributed by atoms with Gasteiger partial charge in [-0.05, 0) is 30.5 Å². The Bertz CT molecular complexity index is 458. The van der Waals surface area contributed by atoms with Gasteiger partial charge in [-0.2, -0.15) is 0 Å². The fourth-order valence-electron chi connectivity index (χ4n) is 2.60. The summed E-state index contributed by atoms with van der Waals surface area (Å²) in [6.45, 7) is -0.196. The van der Waals surface area contributed by atoms with Crippen LogP contribution in [-0.4, -0.2) is 17.3 Å². The van der Waals surface area contributed by atoms with E-state index in [1.54, 1.807) is 24.3 Å². The van der Waals surface area contributed by atoms with Crippen molar-refractivity contribution in [2.24, 2.45) is 5.92 Å². The minimum Gasteiger partial charge on any atom is -0.299 e. The van der Waals surface area contributed by atoms with Crippen LogP contribution in [0.1, 0.15) is 30.7 Å². The van der Waals surface area contributed by atoms with Gasteiger partial charge in [-0.1, -0.05) is 23.7 Å². The molecule has 5 heteroatoms. The van der Waals surface area contributed by atoms with Gasteiger partial charge in [0.15, 0.2) is 0 Å². The Morgan fingerprint density at radius 2 is 2.06 bits per heavy atom. The second-order valence-corrected chi connectivity index (χ2v) is 5.07. The average Bonchev–Trinajstić information content (AvgIpc) is 2.73. The van der Waals surface area contributed by atoms with Gasteiger partial charge in [0.25, 0.3) is 0 Å². The molecular weight excluding hydrogens is 254 g/mol. The van der Waals surface area contributed by atoms with E-state index in [0.717, 1.165) is 18.4 Å². The summed E-state index contributed by atoms with van der Waals surface area (Å²) in [5.74, 6) is -0.388. The van der Waals surface area contributed by atoms with E-state index in [9.17, 15) is 14.9 Å². The molecule has 1 aliphatic carbocycles. The minimum atomic E-state index is -0.342. The van der Waals surface area contributed by atoms with E-state index in [2.05, 4.69) is 0 Å². The molecule has 0 amide bonds. The Hall–Kier alpha value is -1.42. The summed E-state index contributed by atoms with van der Waals surface area (Å²) < 4.78 is 0. The predicted octanol–water partition coefficient (Wildman–Crippen LogP) is 3.07. The molecule has 1 aromatic carbocycles. The van der Waals surface area contributed by atoms with Crippen molar-refractivity contribution in [1.82, 2.24) is 0 Å². The van der Waals surface area contributed by atoms with Gasteiger partial charge in [-0.3, -0.25) is 14.9 Å². The maximum absolute atomic E-state index is 11.8. The van der Waals surface area contributed by atoms with E-state index in [1.165, 1.54) is 0 Å². The zero-order valence-electron chi connectivity index (χ0n) is 9.84. The second-order valence-electron chi connectivity index (χ2n) is 4.64. The molecule has 0 saturated heterocycles. The molecule has 0 spiro atoms. The van der Waals surface area contributed by atoms with E-state index in [0.29, 0.717) is 11.4 Å². The van der Waals surface area contributed by atoms with Crippen LogP contribution in [0, 0.1) is 16.0 Å². The summed E-state index contributed by atoms with van der Waals surface area (Å²) in [7, 11) is 0. The maximum Gasteiger partial charge on any atom is 0.211 e. The Morgan fingerprint density at radius 1 is 1.39 bits per heavy atom. The van der Waals surface area contributed by atoms with Gasteiger partial charge in [0.05, 0.1) is 5.92 Å². The fourth-order valence-corrected chi connectivity index (χ4v) is 2.73. The predicted molar refractivity (Wildman–Crippen MR) is 68.4 cm³/mol. The number of hydrogen-bond donors (Lipinski definition) is 0. The molecule has 0 radical (unpaired) electrons. The molecule has 0 aliphatic heterocycles. The van der Waals surface area contributed by atoms with Crippen molar-refractivity contribution < 1.29 is 9.72 Å². The van der Waals surface area contributed by atoms with Crippen LogP contribution in [0.4, 0.5) is 0 Å². The smallest absolute Gasteiger partial charge is 0.211 e. The minimum absolute atomic E-state index is 0.150. The van der Waals surface area contributed by atoms with Gasteiger partial charge >= 0.3 is 0 Å². The second kappa shape index (κ2) is 5.48. The molecule has 0 bridgehead atoms. The highest BCUT2D eigenvalue weighted by molar-refractivity contribution is 6.30. The van der Waals surface area contributed by atoms with Crippen molar-refractivity contribution >= 4 is 17.4 Å². The van der Waals surface area contributed by atoms with E-state index in [1.807, 2.05) is 0 Å². The maximum atomic E-state index is 11.8. The molecule has 18 heavy (non-hydrogen) atoms. The number of carbonyl (C=O) groups excluding carboxylic acids is 1. The first-order valence-corrected chi connectivity index (χ1v) is 6.35. The Labute approximate surface area is 110 Å². The summed E-state index contributed by atoms with van der Waals surface area (Å²) in [6, 6.07) is 6.98. The van der Waals surface area contributed by atoms with Gasteiger partial charge < -0.3 is 0 Å². The summed E-state index contributed by atoms with van der Waals surface area (Å²) in [6.07, 6.45) is 2.14. The van der Waals surface area contributed by atoms with Crippen LogP contribution in [0.15, 0.2) is 24.3 Å². The molecule has 1 aliphatic rings. The molecule has 4 nitrogen and oxygen atoms in total. The van der Waals surface area contributed by atoms with Crippen LogP contribution in [0.2, 0.25) is 5.02 Å². The van der Waals surface area contributed by atoms with E-state index in [-0.39, 0.29) is 29.1 Å². The first-order chi connectivity index (χ1) is 8.58. The first kappa shape index (κ1) is 13.0. The van der Waals surface area contributed by atoms with Crippen molar-refractivity contribution in [2.75, 3.05) is 6.54 Å². The van der Waals surface area contributed by atoms with Gasteiger partial charge in [0.1, 0.15) is 5.78 Å². The van der Waals surface area contributed by atoms with Crippen LogP contribution in [0.5, 0.6) is 0 Å². The molecule has 1 fully saturated rings. The molecule has 0 heterocycles. The summed E-state index contributed by atoms with van der Waals surface area (Å²) in [5.41, 5.74) is 0.830. The number of halogens is 1. The number of benzene rings is 1. The molecule has 2 unspecified atom stereocenters. The van der Waals surface area contributed by atoms with Crippen molar-refractivity contribution in [1.29, 1.82) is 0 Å². The number of hydrogen-bond acceptors (Lipinski definition) is 3. The lowest BCUT2D eigenvalue weighted by Gasteiger charge is -2.19. The first-order valence-electron chi connectivity index (χ1n) is 5.98. The number of ketones is 1. The number of rotatable bonds is 4. The van der Waals surface area contributed by atoms with Crippen molar-refractivity contribution in [3.05, 3.63) is 45.0 Å². The van der Waals surface area contributed by atoms with Gasteiger partial charge in [0.2, 0.25) is 6.54 Å². The largest absolute Gasteiger partial charge is 0.299 e. The van der Waals surface area contributed by atoms with Crippen LogP contribution >= 0.6 is 11.6 Å². The third-order valence-electron chi connectivity index (χ3n) is 3.48. The third kappa shape index (κ3) is 2.88. The highest BCUT2D eigenvalue weighted by Crippen LogP contribution is 2.35. The number of nitrogens with zero attached hydrogens (tertiary/aromatic N) is 1. The van der Waals surface area contributed by atoms with Crippen LogP contribution < -0.4 is 0 Å². The highest BCUT2D eigenvalue weighted by atomic mass is 35.5. The topological polar surface area (TPSA) is 60.2 Å². The molecule has 2 rings (SSSR count).